The van der Waals surface area contributed by atoms with Gasteiger partial charge in [-0.25, -0.2) is 0 Å². The molecule has 1 aromatic carbocycles. The van der Waals surface area contributed by atoms with E-state index in [0.29, 0.717) is 6.04 Å². The molecule has 0 spiro atoms. The van der Waals surface area contributed by atoms with E-state index in [1.807, 2.05) is 0 Å². The van der Waals surface area contributed by atoms with E-state index in [-0.39, 0.29) is 5.41 Å². The van der Waals surface area contributed by atoms with Crippen molar-refractivity contribution in [2.24, 2.45) is 5.41 Å². The summed E-state index contributed by atoms with van der Waals surface area (Å²) in [5, 5.41) is 14.0. The largest absolute Gasteiger partial charge is 0.353 e. The van der Waals surface area contributed by atoms with Crippen LogP contribution in [-0.2, 0) is 12.8 Å². The van der Waals surface area contributed by atoms with E-state index < -0.39 is 0 Å². The lowest BCUT2D eigenvalue weighted by molar-refractivity contribution is 0.337. The Labute approximate surface area is 118 Å². The molecule has 1 heterocycles. The summed E-state index contributed by atoms with van der Waals surface area (Å²) in [5.41, 5.74) is 3.06. The van der Waals surface area contributed by atoms with E-state index >= 15 is 0 Å². The number of hydrogen-bond donors (Lipinski definition) is 1. The van der Waals surface area contributed by atoms with Crippen LogP contribution in [-0.4, -0.2) is 10.2 Å². The van der Waals surface area contributed by atoms with Gasteiger partial charge in [0, 0.05) is 0 Å². The van der Waals surface area contributed by atoms with Gasteiger partial charge in [0.25, 0.3) is 0 Å². The van der Waals surface area contributed by atoms with E-state index in [4.69, 9.17) is 0 Å². The summed E-state index contributed by atoms with van der Waals surface area (Å²) in [7, 11) is 0. The number of benzene rings is 1. The van der Waals surface area contributed by atoms with Gasteiger partial charge in [-0.3, -0.25) is 0 Å². The molecule has 0 radical (unpaired) electrons. The zero-order valence-corrected chi connectivity index (χ0v) is 12.4. The molecule has 4 heteroatoms. The van der Waals surface area contributed by atoms with Gasteiger partial charge >= 0.3 is 0 Å². The van der Waals surface area contributed by atoms with Crippen LogP contribution in [0.15, 0.2) is 24.3 Å². The van der Waals surface area contributed by atoms with Crippen molar-refractivity contribution in [2.45, 2.75) is 39.7 Å². The molecule has 1 atom stereocenters. The van der Waals surface area contributed by atoms with Crippen LogP contribution >= 0.6 is 11.3 Å². The molecule has 0 saturated carbocycles. The average molecular weight is 273 g/mol. The molecule has 0 amide bonds. The second-order valence-corrected chi connectivity index (χ2v) is 6.86. The molecule has 1 N–H and O–H groups in total. The highest BCUT2D eigenvalue weighted by Gasteiger charge is 2.39. The monoisotopic (exact) mass is 273 g/mol. The molecule has 1 aromatic heterocycles. The average Bonchev–Trinajstić information content (AvgIpc) is 2.93. The van der Waals surface area contributed by atoms with Crippen molar-refractivity contribution in [3.8, 4) is 0 Å². The van der Waals surface area contributed by atoms with Gasteiger partial charge in [0.1, 0.15) is 5.01 Å². The number of aryl methyl sites for hydroxylation is 1. The molecule has 19 heavy (non-hydrogen) atoms. The maximum Gasteiger partial charge on any atom is 0.206 e. The Kier molecular flexibility index (Phi) is 3.05. The minimum absolute atomic E-state index is 0.210. The number of hydrogen-bond acceptors (Lipinski definition) is 4. The van der Waals surface area contributed by atoms with Gasteiger partial charge in [0.05, 0.1) is 6.04 Å². The van der Waals surface area contributed by atoms with Gasteiger partial charge in [-0.15, -0.1) is 10.2 Å². The number of anilines is 1. The first-order chi connectivity index (χ1) is 9.10. The van der Waals surface area contributed by atoms with Crippen LogP contribution in [0.1, 0.15) is 42.9 Å². The van der Waals surface area contributed by atoms with Crippen molar-refractivity contribution in [2.75, 3.05) is 5.32 Å². The fourth-order valence-electron chi connectivity index (χ4n) is 2.84. The highest BCUT2D eigenvalue weighted by Crippen LogP contribution is 2.46. The van der Waals surface area contributed by atoms with Crippen molar-refractivity contribution in [1.82, 2.24) is 10.2 Å². The van der Waals surface area contributed by atoms with Crippen LogP contribution in [0.2, 0.25) is 0 Å². The SMILES string of the molecule is CCc1nnc(NC2c3ccccc3CC2(C)C)s1. The number of nitrogens with one attached hydrogen (secondary N) is 1. The molecule has 0 fully saturated rings. The Morgan fingerprint density at radius 2 is 2.11 bits per heavy atom. The molecule has 1 unspecified atom stereocenters. The fourth-order valence-corrected chi connectivity index (χ4v) is 3.55. The summed E-state index contributed by atoms with van der Waals surface area (Å²) in [4.78, 5) is 0. The van der Waals surface area contributed by atoms with Crippen molar-refractivity contribution in [1.29, 1.82) is 0 Å². The van der Waals surface area contributed by atoms with Crippen molar-refractivity contribution < 1.29 is 0 Å². The minimum Gasteiger partial charge on any atom is -0.353 e. The summed E-state index contributed by atoms with van der Waals surface area (Å²) in [6.07, 6.45) is 2.06. The van der Waals surface area contributed by atoms with Gasteiger partial charge in [-0.2, -0.15) is 0 Å². The third-order valence-electron chi connectivity index (χ3n) is 3.83. The molecule has 0 bridgehead atoms. The normalized spacial score (nSPS) is 20.3. The van der Waals surface area contributed by atoms with Gasteiger partial charge < -0.3 is 5.32 Å². The Hall–Kier alpha value is -1.42. The molecule has 1 aliphatic rings. The number of rotatable bonds is 3. The first kappa shape index (κ1) is 12.6. The first-order valence-electron chi connectivity index (χ1n) is 6.77. The quantitative estimate of drug-likeness (QED) is 0.923. The van der Waals surface area contributed by atoms with Crippen LogP contribution in [0, 0.1) is 5.41 Å². The maximum absolute atomic E-state index is 4.25. The molecule has 3 nitrogen and oxygen atoms in total. The lowest BCUT2D eigenvalue weighted by Crippen LogP contribution is -2.24. The number of aromatic nitrogens is 2. The number of fused-ring (bicyclic) bond motifs is 1. The Morgan fingerprint density at radius 1 is 1.32 bits per heavy atom. The van der Waals surface area contributed by atoms with Crippen LogP contribution in [0.5, 0.6) is 0 Å². The standard InChI is InChI=1S/C15H19N3S/c1-4-12-17-18-14(19-12)16-13-11-8-6-5-7-10(11)9-15(13,2)3/h5-8,13H,4,9H2,1-3H3,(H,16,18). The Morgan fingerprint density at radius 3 is 2.84 bits per heavy atom. The van der Waals surface area contributed by atoms with Crippen LogP contribution in [0.25, 0.3) is 0 Å². The summed E-state index contributed by atoms with van der Waals surface area (Å²) in [6, 6.07) is 9.02. The smallest absolute Gasteiger partial charge is 0.206 e. The highest BCUT2D eigenvalue weighted by atomic mass is 32.1. The van der Waals surface area contributed by atoms with Crippen LogP contribution in [0.3, 0.4) is 0 Å². The molecule has 1 aliphatic carbocycles. The second-order valence-electron chi connectivity index (χ2n) is 5.80. The van der Waals surface area contributed by atoms with Crippen LogP contribution in [0.4, 0.5) is 5.13 Å². The van der Waals surface area contributed by atoms with Crippen molar-refractivity contribution >= 4 is 16.5 Å². The fraction of sp³-hybridized carbons (Fsp3) is 0.467. The lowest BCUT2D eigenvalue weighted by Gasteiger charge is -2.28. The molecule has 0 saturated heterocycles. The molecule has 100 valence electrons. The van der Waals surface area contributed by atoms with Gasteiger partial charge in [0.2, 0.25) is 5.13 Å². The van der Waals surface area contributed by atoms with Gasteiger partial charge in [-0.05, 0) is 29.4 Å². The first-order valence-corrected chi connectivity index (χ1v) is 7.58. The lowest BCUT2D eigenvalue weighted by atomic mass is 9.85. The predicted octanol–water partition coefficient (Wildman–Crippen LogP) is 3.84. The molecular weight excluding hydrogens is 254 g/mol. The second kappa shape index (κ2) is 4.60. The van der Waals surface area contributed by atoms with Gasteiger partial charge in [0.15, 0.2) is 0 Å². The van der Waals surface area contributed by atoms with E-state index in [9.17, 15) is 0 Å². The maximum atomic E-state index is 4.25. The van der Waals surface area contributed by atoms with E-state index in [1.165, 1.54) is 11.1 Å². The summed E-state index contributed by atoms with van der Waals surface area (Å²) < 4.78 is 0. The summed E-state index contributed by atoms with van der Waals surface area (Å²) in [5.74, 6) is 0. The van der Waals surface area contributed by atoms with Crippen LogP contribution < -0.4 is 5.32 Å². The van der Waals surface area contributed by atoms with E-state index in [1.54, 1.807) is 11.3 Å². The molecular formula is C15H19N3S. The third-order valence-corrected chi connectivity index (χ3v) is 4.83. The van der Waals surface area contributed by atoms with Crippen molar-refractivity contribution in [3.05, 3.63) is 40.4 Å². The molecule has 3 rings (SSSR count). The third kappa shape index (κ3) is 2.25. The predicted molar refractivity (Wildman–Crippen MR) is 79.6 cm³/mol. The minimum atomic E-state index is 0.210. The van der Waals surface area contributed by atoms with E-state index in [2.05, 4.69) is 60.6 Å². The Balaban J connectivity index is 1.90. The summed E-state index contributed by atoms with van der Waals surface area (Å²) >= 11 is 1.66. The zero-order valence-electron chi connectivity index (χ0n) is 11.6. The van der Waals surface area contributed by atoms with Crippen molar-refractivity contribution in [3.63, 3.8) is 0 Å². The highest BCUT2D eigenvalue weighted by molar-refractivity contribution is 7.15. The topological polar surface area (TPSA) is 37.8 Å². The Bertz CT molecular complexity index is 589. The molecule has 0 aliphatic heterocycles. The van der Waals surface area contributed by atoms with E-state index in [0.717, 1.165) is 23.0 Å². The number of nitrogens with zero attached hydrogens (tertiary/aromatic N) is 2. The zero-order chi connectivity index (χ0) is 13.5. The summed E-state index contributed by atoms with van der Waals surface area (Å²) in [6.45, 7) is 6.73. The molecule has 2 aromatic rings. The van der Waals surface area contributed by atoms with Gasteiger partial charge in [-0.1, -0.05) is 56.4 Å².